The Bertz CT molecular complexity index is 560. The highest BCUT2D eigenvalue weighted by Crippen LogP contribution is 2.22. The Morgan fingerprint density at radius 2 is 1.86 bits per heavy atom. The highest BCUT2D eigenvalue weighted by molar-refractivity contribution is 6.03. The lowest BCUT2D eigenvalue weighted by Crippen LogP contribution is -2.36. The number of likely N-dealkylation sites (N-methyl/N-ethyl adjacent to an activating group) is 1. The number of H-pyrrole nitrogens is 1. The van der Waals surface area contributed by atoms with Gasteiger partial charge in [0.25, 0.3) is 5.91 Å². The van der Waals surface area contributed by atoms with Crippen molar-refractivity contribution in [3.63, 3.8) is 0 Å². The van der Waals surface area contributed by atoms with Crippen molar-refractivity contribution in [1.29, 1.82) is 0 Å². The predicted octanol–water partition coefficient (Wildman–Crippen LogP) is 2.02. The van der Waals surface area contributed by atoms with Gasteiger partial charge in [-0.05, 0) is 32.8 Å². The molecular weight excluding hydrogens is 272 g/mol. The molecule has 0 saturated heterocycles. The summed E-state index contributed by atoms with van der Waals surface area (Å²) in [6.45, 7) is 6.86. The van der Waals surface area contributed by atoms with Gasteiger partial charge in [-0.1, -0.05) is 13.3 Å². The lowest BCUT2D eigenvalue weighted by Gasteiger charge is -2.18. The van der Waals surface area contributed by atoms with Gasteiger partial charge < -0.3 is 15.0 Å². The average Bonchev–Trinajstić information content (AvgIpc) is 2.72. The molecule has 1 heterocycles. The summed E-state index contributed by atoms with van der Waals surface area (Å²) in [6, 6.07) is 0. The Balaban J connectivity index is 3.28. The van der Waals surface area contributed by atoms with E-state index in [-0.39, 0.29) is 18.2 Å². The van der Waals surface area contributed by atoms with E-state index in [9.17, 15) is 14.4 Å². The SMILES string of the molecule is CCCc1c(C(=O)N(CC)CC(=O)O)[nH]c(C)c1C(C)=O. The molecule has 2 N–H and O–H groups in total. The Morgan fingerprint density at radius 1 is 1.24 bits per heavy atom. The zero-order valence-electron chi connectivity index (χ0n) is 12.9. The van der Waals surface area contributed by atoms with Crippen LogP contribution < -0.4 is 0 Å². The fourth-order valence-corrected chi connectivity index (χ4v) is 2.48. The van der Waals surface area contributed by atoms with E-state index in [1.54, 1.807) is 13.8 Å². The van der Waals surface area contributed by atoms with Crippen LogP contribution in [0.3, 0.4) is 0 Å². The molecule has 0 atom stereocenters. The Labute approximate surface area is 124 Å². The smallest absolute Gasteiger partial charge is 0.323 e. The van der Waals surface area contributed by atoms with E-state index in [0.29, 0.717) is 35.5 Å². The molecule has 6 nitrogen and oxygen atoms in total. The highest BCUT2D eigenvalue weighted by atomic mass is 16.4. The van der Waals surface area contributed by atoms with Gasteiger partial charge in [-0.3, -0.25) is 14.4 Å². The molecule has 0 aliphatic heterocycles. The van der Waals surface area contributed by atoms with Gasteiger partial charge in [-0.15, -0.1) is 0 Å². The van der Waals surface area contributed by atoms with Crippen LogP contribution in [-0.4, -0.2) is 45.7 Å². The van der Waals surface area contributed by atoms with E-state index < -0.39 is 5.97 Å². The number of nitrogens with zero attached hydrogens (tertiary/aromatic N) is 1. The standard InChI is InChI=1S/C15H22N2O4/c1-5-7-11-13(10(4)18)9(3)16-14(11)15(21)17(6-2)8-12(19)20/h16H,5-8H2,1-4H3,(H,19,20). The predicted molar refractivity (Wildman–Crippen MR) is 78.7 cm³/mol. The van der Waals surface area contributed by atoms with Gasteiger partial charge in [0.05, 0.1) is 0 Å². The minimum atomic E-state index is -1.06. The van der Waals surface area contributed by atoms with Crippen LogP contribution in [0.2, 0.25) is 0 Å². The largest absolute Gasteiger partial charge is 0.480 e. The fourth-order valence-electron chi connectivity index (χ4n) is 2.48. The molecule has 0 radical (unpaired) electrons. The molecule has 0 aliphatic carbocycles. The zero-order valence-corrected chi connectivity index (χ0v) is 12.9. The van der Waals surface area contributed by atoms with E-state index in [4.69, 9.17) is 5.11 Å². The fraction of sp³-hybridized carbons (Fsp3) is 0.533. The second-order valence-corrected chi connectivity index (χ2v) is 5.00. The first kappa shape index (κ1) is 16.9. The van der Waals surface area contributed by atoms with Crippen LogP contribution in [0.4, 0.5) is 0 Å². The molecule has 0 unspecified atom stereocenters. The van der Waals surface area contributed by atoms with Crippen LogP contribution in [0.25, 0.3) is 0 Å². The van der Waals surface area contributed by atoms with Crippen molar-refractivity contribution in [3.8, 4) is 0 Å². The molecular formula is C15H22N2O4. The summed E-state index contributed by atoms with van der Waals surface area (Å²) in [5.74, 6) is -1.52. The zero-order chi connectivity index (χ0) is 16.2. The van der Waals surface area contributed by atoms with Gasteiger partial charge in [0.2, 0.25) is 0 Å². The first-order chi connectivity index (χ1) is 9.83. The lowest BCUT2D eigenvalue weighted by molar-refractivity contribution is -0.137. The molecule has 0 aromatic carbocycles. The number of rotatable bonds is 7. The molecule has 1 aromatic heterocycles. The van der Waals surface area contributed by atoms with Crippen molar-refractivity contribution in [3.05, 3.63) is 22.5 Å². The Kier molecular flexibility index (Phi) is 5.69. The first-order valence-electron chi connectivity index (χ1n) is 7.06. The number of carboxylic acids is 1. The maximum atomic E-state index is 12.5. The molecule has 0 fully saturated rings. The van der Waals surface area contributed by atoms with E-state index in [0.717, 1.165) is 6.42 Å². The van der Waals surface area contributed by atoms with Gasteiger partial charge in [0, 0.05) is 17.8 Å². The van der Waals surface area contributed by atoms with Crippen LogP contribution in [0.15, 0.2) is 0 Å². The van der Waals surface area contributed by atoms with Gasteiger partial charge in [-0.25, -0.2) is 0 Å². The number of Topliss-reactive ketones (excluding diaryl/α,β-unsaturated/α-hetero) is 1. The molecule has 1 aromatic rings. The third-order valence-corrected chi connectivity index (χ3v) is 3.35. The third-order valence-electron chi connectivity index (χ3n) is 3.35. The van der Waals surface area contributed by atoms with E-state index in [2.05, 4.69) is 4.98 Å². The Hall–Kier alpha value is -2.11. The number of aromatic nitrogens is 1. The van der Waals surface area contributed by atoms with Gasteiger partial charge in [0.1, 0.15) is 12.2 Å². The number of aliphatic carboxylic acids is 1. The molecule has 0 aliphatic rings. The molecule has 6 heteroatoms. The minimum absolute atomic E-state index is 0.0902. The number of aryl methyl sites for hydroxylation is 1. The quantitative estimate of drug-likeness (QED) is 0.753. The number of ketones is 1. The molecule has 116 valence electrons. The number of aromatic amines is 1. The Morgan fingerprint density at radius 3 is 2.29 bits per heavy atom. The van der Waals surface area contributed by atoms with Crippen molar-refractivity contribution < 1.29 is 19.5 Å². The van der Waals surface area contributed by atoms with E-state index >= 15 is 0 Å². The van der Waals surface area contributed by atoms with Crippen molar-refractivity contribution in [2.24, 2.45) is 0 Å². The van der Waals surface area contributed by atoms with E-state index in [1.165, 1.54) is 11.8 Å². The summed E-state index contributed by atoms with van der Waals surface area (Å²) in [6.07, 6.45) is 1.40. The molecule has 0 saturated carbocycles. The van der Waals surface area contributed by atoms with Crippen LogP contribution in [-0.2, 0) is 11.2 Å². The number of hydrogen-bond acceptors (Lipinski definition) is 3. The monoisotopic (exact) mass is 294 g/mol. The van der Waals surface area contributed by atoms with Crippen molar-refractivity contribution in [2.75, 3.05) is 13.1 Å². The lowest BCUT2D eigenvalue weighted by atomic mass is 10.0. The number of carboxylic acid groups (broad SMARTS) is 1. The molecule has 21 heavy (non-hydrogen) atoms. The minimum Gasteiger partial charge on any atom is -0.480 e. The molecule has 0 bridgehead atoms. The number of carbonyl (C=O) groups is 3. The van der Waals surface area contributed by atoms with Crippen LogP contribution in [0.5, 0.6) is 0 Å². The summed E-state index contributed by atoms with van der Waals surface area (Å²) < 4.78 is 0. The van der Waals surface area contributed by atoms with Gasteiger partial charge in [-0.2, -0.15) is 0 Å². The summed E-state index contributed by atoms with van der Waals surface area (Å²) in [4.78, 5) is 39.3. The summed E-state index contributed by atoms with van der Waals surface area (Å²) in [5, 5.41) is 8.87. The average molecular weight is 294 g/mol. The summed E-state index contributed by atoms with van der Waals surface area (Å²) in [7, 11) is 0. The number of carbonyl (C=O) groups excluding carboxylic acids is 2. The highest BCUT2D eigenvalue weighted by Gasteiger charge is 2.25. The number of amides is 1. The summed E-state index contributed by atoms with van der Waals surface area (Å²) in [5.41, 5.74) is 2.23. The topological polar surface area (TPSA) is 90.5 Å². The van der Waals surface area contributed by atoms with Crippen LogP contribution in [0, 0.1) is 6.92 Å². The second-order valence-electron chi connectivity index (χ2n) is 5.00. The second kappa shape index (κ2) is 7.06. The van der Waals surface area contributed by atoms with Crippen molar-refractivity contribution in [2.45, 2.75) is 40.5 Å². The third kappa shape index (κ3) is 3.71. The maximum Gasteiger partial charge on any atom is 0.323 e. The van der Waals surface area contributed by atoms with Gasteiger partial charge in [0.15, 0.2) is 5.78 Å². The number of nitrogens with one attached hydrogen (secondary N) is 1. The molecule has 1 amide bonds. The van der Waals surface area contributed by atoms with Crippen LogP contribution in [0.1, 0.15) is 59.3 Å². The maximum absolute atomic E-state index is 12.5. The number of hydrogen-bond donors (Lipinski definition) is 2. The molecule has 1 rings (SSSR count). The van der Waals surface area contributed by atoms with Crippen molar-refractivity contribution in [1.82, 2.24) is 9.88 Å². The molecule has 0 spiro atoms. The van der Waals surface area contributed by atoms with Crippen LogP contribution >= 0.6 is 0 Å². The van der Waals surface area contributed by atoms with Gasteiger partial charge >= 0.3 is 5.97 Å². The summed E-state index contributed by atoms with van der Waals surface area (Å²) >= 11 is 0. The first-order valence-corrected chi connectivity index (χ1v) is 7.06. The van der Waals surface area contributed by atoms with E-state index in [1.807, 2.05) is 6.92 Å². The van der Waals surface area contributed by atoms with Crippen molar-refractivity contribution >= 4 is 17.7 Å². The normalized spacial score (nSPS) is 10.5.